The predicted octanol–water partition coefficient (Wildman–Crippen LogP) is -0.677. The van der Waals surface area contributed by atoms with Crippen molar-refractivity contribution < 1.29 is 9.72 Å². The maximum absolute atomic E-state index is 11.8. The average molecular weight is 278 g/mol. The lowest BCUT2D eigenvalue weighted by Gasteiger charge is -2.05. The van der Waals surface area contributed by atoms with Crippen LogP contribution >= 0.6 is 0 Å². The van der Waals surface area contributed by atoms with Crippen LogP contribution in [0.15, 0.2) is 18.2 Å². The first-order valence-corrected chi connectivity index (χ1v) is 5.37. The Bertz CT molecular complexity index is 626. The minimum absolute atomic E-state index is 0.0556. The Morgan fingerprint density at radius 1 is 1.50 bits per heavy atom. The van der Waals surface area contributed by atoms with Crippen LogP contribution in [-0.2, 0) is 6.54 Å². The first kappa shape index (κ1) is 13.4. The number of aromatic nitrogens is 4. The zero-order valence-electron chi connectivity index (χ0n) is 10.0. The van der Waals surface area contributed by atoms with Crippen molar-refractivity contribution in [3.05, 3.63) is 39.7 Å². The Morgan fingerprint density at radius 3 is 2.90 bits per heavy atom. The molecule has 5 N–H and O–H groups in total. The highest BCUT2D eigenvalue weighted by atomic mass is 16.6. The summed E-state index contributed by atoms with van der Waals surface area (Å²) in [5, 5.41) is 26.2. The number of hydrogen-bond donors (Lipinski definition) is 4. The number of tetrazole rings is 1. The number of amides is 1. The first-order valence-electron chi connectivity index (χ1n) is 5.37. The fraction of sp³-hybridized carbons (Fsp3) is 0.111. The van der Waals surface area contributed by atoms with Crippen LogP contribution in [0.25, 0.3) is 0 Å². The van der Waals surface area contributed by atoms with Crippen LogP contribution in [0.1, 0.15) is 16.2 Å². The maximum atomic E-state index is 11.8. The van der Waals surface area contributed by atoms with E-state index in [1.807, 2.05) is 0 Å². The minimum atomic E-state index is -0.634. The van der Waals surface area contributed by atoms with Gasteiger partial charge in [-0.15, -0.1) is 10.2 Å². The number of nitro benzene ring substituents is 1. The van der Waals surface area contributed by atoms with Crippen LogP contribution in [0.5, 0.6) is 0 Å². The Kier molecular flexibility index (Phi) is 3.81. The molecule has 2 aromatic rings. The van der Waals surface area contributed by atoms with Gasteiger partial charge in [-0.05, 0) is 12.1 Å². The second-order valence-corrected chi connectivity index (χ2v) is 3.64. The lowest BCUT2D eigenvalue weighted by Crippen LogP contribution is -2.23. The summed E-state index contributed by atoms with van der Waals surface area (Å²) in [6, 6.07) is 3.88. The number of nitrogens with two attached hydrogens (primary N) is 1. The topological polar surface area (TPSA) is 165 Å². The lowest BCUT2D eigenvalue weighted by atomic mass is 10.1. The highest BCUT2D eigenvalue weighted by Crippen LogP contribution is 2.24. The second kappa shape index (κ2) is 5.71. The van der Waals surface area contributed by atoms with E-state index in [9.17, 15) is 14.9 Å². The summed E-state index contributed by atoms with van der Waals surface area (Å²) in [5.74, 6) is 4.96. The molecular weight excluding hydrogens is 268 g/mol. The molecule has 0 aliphatic heterocycles. The number of H-pyrrole nitrogens is 1. The Morgan fingerprint density at radius 2 is 2.30 bits per heavy atom. The molecule has 0 atom stereocenters. The molecule has 0 fully saturated rings. The van der Waals surface area contributed by atoms with Gasteiger partial charge in [-0.3, -0.25) is 20.8 Å². The molecule has 0 saturated carbocycles. The second-order valence-electron chi connectivity index (χ2n) is 3.64. The smallest absolute Gasteiger partial charge is 0.294 e. The van der Waals surface area contributed by atoms with E-state index in [0.717, 1.165) is 6.07 Å². The molecule has 1 aromatic heterocycles. The van der Waals surface area contributed by atoms with E-state index in [1.165, 1.54) is 12.1 Å². The van der Waals surface area contributed by atoms with Crippen LogP contribution in [-0.4, -0.2) is 31.5 Å². The molecular formula is C9H10N8O3. The van der Waals surface area contributed by atoms with Crippen molar-refractivity contribution in [3.63, 3.8) is 0 Å². The van der Waals surface area contributed by atoms with Gasteiger partial charge in [0.25, 0.3) is 11.6 Å². The molecule has 1 aromatic carbocycles. The van der Waals surface area contributed by atoms with E-state index < -0.39 is 10.8 Å². The summed E-state index contributed by atoms with van der Waals surface area (Å²) >= 11 is 0. The van der Waals surface area contributed by atoms with E-state index in [0.29, 0.717) is 5.82 Å². The molecule has 2 rings (SSSR count). The van der Waals surface area contributed by atoms with Gasteiger partial charge in [0, 0.05) is 11.6 Å². The molecule has 0 spiro atoms. The van der Waals surface area contributed by atoms with Crippen LogP contribution in [0, 0.1) is 10.1 Å². The van der Waals surface area contributed by atoms with Crippen LogP contribution in [0.3, 0.4) is 0 Å². The van der Waals surface area contributed by atoms with Crippen LogP contribution in [0.2, 0.25) is 0 Å². The summed E-state index contributed by atoms with van der Waals surface area (Å²) in [4.78, 5) is 22.1. The van der Waals surface area contributed by atoms with Crippen molar-refractivity contribution in [2.75, 3.05) is 5.43 Å². The molecule has 0 saturated heterocycles. The summed E-state index contributed by atoms with van der Waals surface area (Å²) in [7, 11) is 0. The van der Waals surface area contributed by atoms with Gasteiger partial charge in [0.2, 0.25) is 0 Å². The third-order valence-electron chi connectivity index (χ3n) is 2.41. The van der Waals surface area contributed by atoms with Crippen molar-refractivity contribution in [2.45, 2.75) is 6.54 Å². The van der Waals surface area contributed by atoms with Gasteiger partial charge in [0.05, 0.1) is 11.5 Å². The molecule has 0 aliphatic rings. The fourth-order valence-corrected chi connectivity index (χ4v) is 1.46. The van der Waals surface area contributed by atoms with Gasteiger partial charge in [-0.2, -0.15) is 5.21 Å². The monoisotopic (exact) mass is 278 g/mol. The van der Waals surface area contributed by atoms with Crippen molar-refractivity contribution >= 4 is 17.3 Å². The molecule has 1 amide bonds. The van der Waals surface area contributed by atoms with E-state index >= 15 is 0 Å². The molecule has 0 unspecified atom stereocenters. The number of hydrazine groups is 1. The quantitative estimate of drug-likeness (QED) is 0.317. The molecule has 20 heavy (non-hydrogen) atoms. The Balaban J connectivity index is 2.13. The van der Waals surface area contributed by atoms with Gasteiger partial charge in [-0.1, -0.05) is 5.21 Å². The fourth-order valence-electron chi connectivity index (χ4n) is 1.46. The SMILES string of the molecule is NNc1ccc(C(=O)NCc2nn[nH]n2)cc1[N+](=O)[O-]. The number of rotatable bonds is 5. The first-order chi connectivity index (χ1) is 9.61. The van der Waals surface area contributed by atoms with Crippen molar-refractivity contribution in [2.24, 2.45) is 5.84 Å². The van der Waals surface area contributed by atoms with Gasteiger partial charge in [-0.25, -0.2) is 0 Å². The third-order valence-corrected chi connectivity index (χ3v) is 2.41. The number of nitro groups is 1. The average Bonchev–Trinajstić information content (AvgIpc) is 2.97. The predicted molar refractivity (Wildman–Crippen MR) is 66.3 cm³/mol. The van der Waals surface area contributed by atoms with Gasteiger partial charge in [0.15, 0.2) is 5.82 Å². The number of carbonyl (C=O) groups excluding carboxylic acids is 1. The molecule has 0 bridgehead atoms. The number of carbonyl (C=O) groups is 1. The van der Waals surface area contributed by atoms with E-state index in [-0.39, 0.29) is 23.5 Å². The number of nitrogens with one attached hydrogen (secondary N) is 3. The van der Waals surface area contributed by atoms with Gasteiger partial charge in [0.1, 0.15) is 5.69 Å². The molecule has 1 heterocycles. The molecule has 0 aliphatic carbocycles. The van der Waals surface area contributed by atoms with Gasteiger partial charge < -0.3 is 10.7 Å². The van der Waals surface area contributed by atoms with Crippen molar-refractivity contribution in [1.29, 1.82) is 0 Å². The summed E-state index contributed by atoms with van der Waals surface area (Å²) in [5.41, 5.74) is 2.14. The molecule has 11 nitrogen and oxygen atoms in total. The highest BCUT2D eigenvalue weighted by Gasteiger charge is 2.17. The minimum Gasteiger partial charge on any atom is -0.345 e. The lowest BCUT2D eigenvalue weighted by molar-refractivity contribution is -0.384. The Hall–Kier alpha value is -3.08. The molecule has 0 radical (unpaired) electrons. The van der Waals surface area contributed by atoms with Crippen molar-refractivity contribution in [3.8, 4) is 0 Å². The largest absolute Gasteiger partial charge is 0.345 e. The number of hydrogen-bond acceptors (Lipinski definition) is 8. The Labute approximate surface area is 111 Å². The maximum Gasteiger partial charge on any atom is 0.294 e. The van der Waals surface area contributed by atoms with E-state index in [4.69, 9.17) is 5.84 Å². The number of benzene rings is 1. The summed E-state index contributed by atoms with van der Waals surface area (Å²) in [6.45, 7) is 0.0556. The van der Waals surface area contributed by atoms with Crippen molar-refractivity contribution in [1.82, 2.24) is 25.9 Å². The van der Waals surface area contributed by atoms with Crippen LogP contribution < -0.4 is 16.6 Å². The number of aromatic amines is 1. The highest BCUT2D eigenvalue weighted by molar-refractivity contribution is 5.95. The van der Waals surface area contributed by atoms with E-state index in [1.54, 1.807) is 0 Å². The third kappa shape index (κ3) is 2.84. The number of nitrogen functional groups attached to an aromatic ring is 1. The van der Waals surface area contributed by atoms with Gasteiger partial charge >= 0.3 is 0 Å². The van der Waals surface area contributed by atoms with Crippen LogP contribution in [0.4, 0.5) is 11.4 Å². The molecule has 104 valence electrons. The standard InChI is InChI=1S/C9H10N8O3/c10-12-6-2-1-5(3-7(6)17(19)20)9(18)11-4-8-13-15-16-14-8/h1-3,12H,4,10H2,(H,11,18)(H,13,14,15,16). The summed E-state index contributed by atoms with van der Waals surface area (Å²) in [6.07, 6.45) is 0. The number of nitrogens with zero attached hydrogens (tertiary/aromatic N) is 4. The summed E-state index contributed by atoms with van der Waals surface area (Å²) < 4.78 is 0. The normalized spacial score (nSPS) is 10.1. The zero-order valence-corrected chi connectivity index (χ0v) is 10.0. The van der Waals surface area contributed by atoms with E-state index in [2.05, 4.69) is 31.4 Å². The number of anilines is 1. The zero-order chi connectivity index (χ0) is 14.5. The molecule has 11 heteroatoms.